The molecule has 0 saturated heterocycles. The first-order valence-corrected chi connectivity index (χ1v) is 11.2. The first-order valence-electron chi connectivity index (χ1n) is 10.4. The monoisotopic (exact) mass is 509 g/mol. The van der Waals surface area contributed by atoms with Gasteiger partial charge in [-0.3, -0.25) is 5.32 Å². The summed E-state index contributed by atoms with van der Waals surface area (Å²) in [4.78, 5) is 17.3. The lowest BCUT2D eigenvalue weighted by atomic mass is 10.2. The van der Waals surface area contributed by atoms with Gasteiger partial charge in [0.15, 0.2) is 0 Å². The van der Waals surface area contributed by atoms with Gasteiger partial charge in [-0.2, -0.15) is 5.10 Å². The zero-order chi connectivity index (χ0) is 24.8. The second kappa shape index (κ2) is 10.9. The van der Waals surface area contributed by atoms with Crippen LogP contribution in [0.25, 0.3) is 11.3 Å². The first kappa shape index (κ1) is 24.1. The van der Waals surface area contributed by atoms with Crippen LogP contribution in [0.2, 0.25) is 10.0 Å². The van der Waals surface area contributed by atoms with Gasteiger partial charge in [0.1, 0.15) is 11.5 Å². The number of anilines is 2. The van der Waals surface area contributed by atoms with Crippen LogP contribution in [-0.4, -0.2) is 36.1 Å². The SMILES string of the molecule is COc1ccc(-c2cn(/N=C/c3ccc(Cl)cc3Cl)c(NC(=O)Nc3cccc(OC)c3)n2)cc1. The number of imidazole rings is 1. The Hall–Kier alpha value is -4.01. The number of urea groups is 1. The van der Waals surface area contributed by atoms with Crippen molar-refractivity contribution in [2.75, 3.05) is 24.9 Å². The number of nitrogens with one attached hydrogen (secondary N) is 2. The van der Waals surface area contributed by atoms with Crippen LogP contribution in [0, 0.1) is 0 Å². The molecule has 10 heteroatoms. The molecule has 1 heterocycles. The average molecular weight is 510 g/mol. The highest BCUT2D eigenvalue weighted by molar-refractivity contribution is 6.36. The third kappa shape index (κ3) is 6.11. The number of benzene rings is 3. The first-order chi connectivity index (χ1) is 16.9. The van der Waals surface area contributed by atoms with Crippen LogP contribution < -0.4 is 20.1 Å². The molecule has 0 saturated carbocycles. The second-order valence-electron chi connectivity index (χ2n) is 7.24. The molecule has 0 unspecified atom stereocenters. The largest absolute Gasteiger partial charge is 0.497 e. The molecule has 2 amide bonds. The lowest BCUT2D eigenvalue weighted by Crippen LogP contribution is -2.21. The molecule has 4 rings (SSSR count). The van der Waals surface area contributed by atoms with Crippen molar-refractivity contribution in [1.29, 1.82) is 0 Å². The number of hydrogen-bond donors (Lipinski definition) is 2. The predicted octanol–water partition coefficient (Wildman–Crippen LogP) is 6.40. The number of aromatic nitrogens is 2. The van der Waals surface area contributed by atoms with E-state index in [1.165, 1.54) is 4.68 Å². The van der Waals surface area contributed by atoms with Gasteiger partial charge in [-0.15, -0.1) is 0 Å². The Labute approximate surface area is 212 Å². The molecule has 2 N–H and O–H groups in total. The fourth-order valence-corrected chi connectivity index (χ4v) is 3.60. The van der Waals surface area contributed by atoms with Crippen molar-refractivity contribution in [1.82, 2.24) is 9.66 Å². The molecule has 0 fully saturated rings. The van der Waals surface area contributed by atoms with Crippen molar-refractivity contribution >= 4 is 47.1 Å². The smallest absolute Gasteiger partial charge is 0.326 e. The van der Waals surface area contributed by atoms with Gasteiger partial charge in [0.2, 0.25) is 5.95 Å². The van der Waals surface area contributed by atoms with E-state index in [1.807, 2.05) is 24.3 Å². The number of nitrogens with zero attached hydrogens (tertiary/aromatic N) is 3. The van der Waals surface area contributed by atoms with E-state index >= 15 is 0 Å². The molecule has 0 aliphatic rings. The molecule has 0 spiro atoms. The van der Waals surface area contributed by atoms with Crippen LogP contribution in [-0.2, 0) is 0 Å². The van der Waals surface area contributed by atoms with E-state index in [9.17, 15) is 4.79 Å². The maximum Gasteiger partial charge on any atom is 0.326 e. The lowest BCUT2D eigenvalue weighted by Gasteiger charge is -2.08. The van der Waals surface area contributed by atoms with Gasteiger partial charge in [-0.1, -0.05) is 35.3 Å². The third-order valence-electron chi connectivity index (χ3n) is 4.91. The Morgan fingerprint density at radius 1 is 0.971 bits per heavy atom. The minimum atomic E-state index is -0.494. The quantitative estimate of drug-likeness (QED) is 0.282. The van der Waals surface area contributed by atoms with Gasteiger partial charge in [0, 0.05) is 27.9 Å². The summed E-state index contributed by atoms with van der Waals surface area (Å²) in [5.74, 6) is 1.55. The van der Waals surface area contributed by atoms with E-state index < -0.39 is 6.03 Å². The number of ether oxygens (including phenoxy) is 2. The summed E-state index contributed by atoms with van der Waals surface area (Å²) < 4.78 is 11.9. The maximum atomic E-state index is 12.7. The van der Waals surface area contributed by atoms with E-state index in [4.69, 9.17) is 32.7 Å². The normalized spacial score (nSPS) is 10.9. The van der Waals surface area contributed by atoms with Crippen molar-refractivity contribution in [3.63, 3.8) is 0 Å². The zero-order valence-corrected chi connectivity index (χ0v) is 20.3. The predicted molar refractivity (Wildman–Crippen MR) is 139 cm³/mol. The van der Waals surface area contributed by atoms with Crippen molar-refractivity contribution < 1.29 is 14.3 Å². The summed E-state index contributed by atoms with van der Waals surface area (Å²) >= 11 is 12.2. The standard InChI is InChI=1S/C25H21Cl2N5O3/c1-34-20-10-7-16(8-11-20)23-15-32(28-14-17-6-9-18(26)12-22(17)27)24(30-23)31-25(33)29-19-4-3-5-21(13-19)35-2/h3-15H,1-2H3,(H2,29,30,31,33)/b28-14+. The van der Waals surface area contributed by atoms with Crippen molar-refractivity contribution in [2.24, 2.45) is 5.10 Å². The minimum absolute atomic E-state index is 0.206. The van der Waals surface area contributed by atoms with Crippen molar-refractivity contribution in [3.05, 3.63) is 88.5 Å². The summed E-state index contributed by atoms with van der Waals surface area (Å²) in [5.41, 5.74) is 2.64. The molecule has 8 nitrogen and oxygen atoms in total. The van der Waals surface area contributed by atoms with Crippen LogP contribution in [0.5, 0.6) is 11.5 Å². The number of amides is 2. The Bertz CT molecular complexity index is 1370. The molecule has 0 radical (unpaired) electrons. The van der Waals surface area contributed by atoms with Crippen molar-refractivity contribution in [3.8, 4) is 22.8 Å². The van der Waals surface area contributed by atoms with Gasteiger partial charge in [-0.25, -0.2) is 14.5 Å². The van der Waals surface area contributed by atoms with Gasteiger partial charge < -0.3 is 14.8 Å². The Morgan fingerprint density at radius 3 is 2.46 bits per heavy atom. The maximum absolute atomic E-state index is 12.7. The Balaban J connectivity index is 1.62. The molecule has 4 aromatic rings. The highest BCUT2D eigenvalue weighted by Crippen LogP contribution is 2.25. The summed E-state index contributed by atoms with van der Waals surface area (Å²) in [6.45, 7) is 0. The van der Waals surface area contributed by atoms with Crippen LogP contribution in [0.4, 0.5) is 16.4 Å². The summed E-state index contributed by atoms with van der Waals surface area (Å²) in [5, 5.41) is 10.9. The van der Waals surface area contributed by atoms with Crippen molar-refractivity contribution in [2.45, 2.75) is 0 Å². The molecule has 35 heavy (non-hydrogen) atoms. The molecule has 0 bridgehead atoms. The molecule has 0 aliphatic heterocycles. The van der Waals surface area contributed by atoms with E-state index in [2.05, 4.69) is 20.7 Å². The lowest BCUT2D eigenvalue weighted by molar-refractivity contribution is 0.262. The molecule has 178 valence electrons. The fraction of sp³-hybridized carbons (Fsp3) is 0.0800. The summed E-state index contributed by atoms with van der Waals surface area (Å²) in [6.07, 6.45) is 3.26. The molecule has 3 aromatic carbocycles. The number of hydrogen-bond acceptors (Lipinski definition) is 5. The summed E-state index contributed by atoms with van der Waals surface area (Å²) in [7, 11) is 3.16. The molecule has 1 aromatic heterocycles. The number of carbonyl (C=O) groups is 1. The topological polar surface area (TPSA) is 89.8 Å². The molecule has 0 aliphatic carbocycles. The number of carbonyl (C=O) groups excluding carboxylic acids is 1. The summed E-state index contributed by atoms with van der Waals surface area (Å²) in [6, 6.07) is 19.0. The van der Waals surface area contributed by atoms with E-state index in [-0.39, 0.29) is 5.95 Å². The number of halogens is 2. The van der Waals surface area contributed by atoms with Crippen LogP contribution in [0.3, 0.4) is 0 Å². The van der Waals surface area contributed by atoms with Gasteiger partial charge in [-0.05, 0) is 48.5 Å². The van der Waals surface area contributed by atoms with Crippen LogP contribution in [0.1, 0.15) is 5.56 Å². The zero-order valence-electron chi connectivity index (χ0n) is 18.8. The minimum Gasteiger partial charge on any atom is -0.497 e. The average Bonchev–Trinajstić information content (AvgIpc) is 3.26. The molecule has 0 atom stereocenters. The number of rotatable bonds is 7. The highest BCUT2D eigenvalue weighted by Gasteiger charge is 2.13. The van der Waals surface area contributed by atoms with E-state index in [0.29, 0.717) is 32.7 Å². The van der Waals surface area contributed by atoms with E-state index in [0.717, 1.165) is 11.3 Å². The number of methoxy groups -OCH3 is 2. The molecular formula is C25H21Cl2N5O3. The van der Waals surface area contributed by atoms with Crippen LogP contribution in [0.15, 0.2) is 78.0 Å². The highest BCUT2D eigenvalue weighted by atomic mass is 35.5. The Kier molecular flexibility index (Phi) is 7.54. The van der Waals surface area contributed by atoms with Crippen LogP contribution >= 0.6 is 23.2 Å². The Morgan fingerprint density at radius 2 is 1.74 bits per heavy atom. The third-order valence-corrected chi connectivity index (χ3v) is 5.47. The fourth-order valence-electron chi connectivity index (χ4n) is 3.14. The van der Waals surface area contributed by atoms with Gasteiger partial charge in [0.05, 0.1) is 37.3 Å². The van der Waals surface area contributed by atoms with Gasteiger partial charge >= 0.3 is 6.03 Å². The van der Waals surface area contributed by atoms with Gasteiger partial charge in [0.25, 0.3) is 0 Å². The van der Waals surface area contributed by atoms with E-state index in [1.54, 1.807) is 69.1 Å². The second-order valence-corrected chi connectivity index (χ2v) is 8.09. The molecular weight excluding hydrogens is 489 g/mol.